The molecule has 0 aliphatic carbocycles. The summed E-state index contributed by atoms with van der Waals surface area (Å²) in [4.78, 5) is 0. The summed E-state index contributed by atoms with van der Waals surface area (Å²) in [6, 6.07) is 27.4. The van der Waals surface area contributed by atoms with Crippen LogP contribution in [0.25, 0.3) is 0 Å². The summed E-state index contributed by atoms with van der Waals surface area (Å²) >= 11 is 0. The standard InChI is InChI=1S/C21H19NO2/c23-21(22-17-11-5-2-6-12-17)15-20(16-9-3-1-4-10-16)24-19-14-8-7-13-18(19)21/h1-14,20,22-23H,15H2. The monoisotopic (exact) mass is 317 g/mol. The normalized spacial score (nSPS) is 22.3. The van der Waals surface area contributed by atoms with Crippen LogP contribution in [0, 0.1) is 0 Å². The quantitative estimate of drug-likeness (QED) is 0.700. The molecule has 1 aliphatic heterocycles. The Morgan fingerprint density at radius 3 is 2.21 bits per heavy atom. The van der Waals surface area contributed by atoms with Crippen LogP contribution in [-0.4, -0.2) is 5.11 Å². The molecule has 0 fully saturated rings. The molecule has 0 saturated heterocycles. The molecule has 3 aromatic rings. The molecule has 0 amide bonds. The van der Waals surface area contributed by atoms with Crippen LogP contribution < -0.4 is 10.1 Å². The van der Waals surface area contributed by atoms with E-state index in [1.54, 1.807) is 0 Å². The second kappa shape index (κ2) is 6.02. The van der Waals surface area contributed by atoms with E-state index in [1.165, 1.54) is 0 Å². The zero-order chi connectivity index (χ0) is 16.4. The summed E-state index contributed by atoms with van der Waals surface area (Å²) in [5, 5.41) is 14.7. The Labute approximate surface area is 141 Å². The van der Waals surface area contributed by atoms with Crippen molar-refractivity contribution in [1.82, 2.24) is 0 Å². The highest BCUT2D eigenvalue weighted by Crippen LogP contribution is 2.44. The van der Waals surface area contributed by atoms with Gasteiger partial charge in [-0.2, -0.15) is 0 Å². The molecule has 4 rings (SSSR count). The van der Waals surface area contributed by atoms with E-state index in [1.807, 2.05) is 84.9 Å². The van der Waals surface area contributed by atoms with Crippen molar-refractivity contribution >= 4 is 5.69 Å². The third kappa shape index (κ3) is 2.74. The zero-order valence-electron chi connectivity index (χ0n) is 13.2. The van der Waals surface area contributed by atoms with Gasteiger partial charge in [-0.05, 0) is 23.8 Å². The number of hydrogen-bond donors (Lipinski definition) is 2. The van der Waals surface area contributed by atoms with Gasteiger partial charge in [0.25, 0.3) is 0 Å². The fraction of sp³-hybridized carbons (Fsp3) is 0.143. The van der Waals surface area contributed by atoms with Gasteiger partial charge in [0, 0.05) is 17.7 Å². The molecule has 2 atom stereocenters. The van der Waals surface area contributed by atoms with Gasteiger partial charge < -0.3 is 15.2 Å². The van der Waals surface area contributed by atoms with Crippen molar-refractivity contribution in [3.8, 4) is 5.75 Å². The summed E-state index contributed by atoms with van der Waals surface area (Å²) < 4.78 is 6.15. The minimum atomic E-state index is -1.18. The van der Waals surface area contributed by atoms with Crippen LogP contribution in [0.3, 0.4) is 0 Å². The Kier molecular flexibility index (Phi) is 3.71. The number of nitrogens with one attached hydrogen (secondary N) is 1. The number of aliphatic hydroxyl groups is 1. The topological polar surface area (TPSA) is 41.5 Å². The van der Waals surface area contributed by atoms with Crippen LogP contribution in [0.4, 0.5) is 5.69 Å². The van der Waals surface area contributed by atoms with E-state index in [0.29, 0.717) is 12.2 Å². The first kappa shape index (κ1) is 14.8. The van der Waals surface area contributed by atoms with E-state index >= 15 is 0 Å². The molecular formula is C21H19NO2. The Bertz CT molecular complexity index is 820. The molecule has 1 heterocycles. The molecule has 2 unspecified atom stereocenters. The van der Waals surface area contributed by atoms with Crippen LogP contribution in [0.15, 0.2) is 84.9 Å². The molecule has 0 radical (unpaired) electrons. The maximum absolute atomic E-state index is 11.4. The first-order chi connectivity index (χ1) is 11.7. The molecule has 0 aromatic heterocycles. The first-order valence-electron chi connectivity index (χ1n) is 8.11. The summed E-state index contributed by atoms with van der Waals surface area (Å²) in [7, 11) is 0. The molecular weight excluding hydrogens is 298 g/mol. The molecule has 3 aromatic carbocycles. The molecule has 3 heteroatoms. The predicted octanol–water partition coefficient (Wildman–Crippen LogP) is 4.47. The fourth-order valence-corrected chi connectivity index (χ4v) is 3.22. The first-order valence-corrected chi connectivity index (χ1v) is 8.11. The second-order valence-electron chi connectivity index (χ2n) is 6.07. The minimum Gasteiger partial charge on any atom is -0.485 e. The third-order valence-corrected chi connectivity index (χ3v) is 4.38. The Balaban J connectivity index is 1.74. The number of fused-ring (bicyclic) bond motifs is 1. The largest absolute Gasteiger partial charge is 0.485 e. The lowest BCUT2D eigenvalue weighted by Gasteiger charge is -2.40. The molecule has 1 aliphatic rings. The summed E-state index contributed by atoms with van der Waals surface area (Å²) in [5.41, 5.74) is 1.52. The van der Waals surface area contributed by atoms with Crippen molar-refractivity contribution < 1.29 is 9.84 Å². The maximum atomic E-state index is 11.4. The highest BCUT2D eigenvalue weighted by Gasteiger charge is 2.40. The van der Waals surface area contributed by atoms with Crippen LogP contribution in [0.5, 0.6) is 5.75 Å². The molecule has 0 spiro atoms. The number of benzene rings is 3. The lowest BCUT2D eigenvalue weighted by molar-refractivity contribution is -0.00906. The van der Waals surface area contributed by atoms with Crippen molar-refractivity contribution in [3.63, 3.8) is 0 Å². The van der Waals surface area contributed by atoms with E-state index in [-0.39, 0.29) is 6.10 Å². The number of ether oxygens (including phenoxy) is 1. The van der Waals surface area contributed by atoms with Gasteiger partial charge in [-0.15, -0.1) is 0 Å². The molecule has 0 saturated carbocycles. The van der Waals surface area contributed by atoms with Gasteiger partial charge in [-0.3, -0.25) is 0 Å². The van der Waals surface area contributed by atoms with Crippen molar-refractivity contribution in [2.45, 2.75) is 18.2 Å². The maximum Gasteiger partial charge on any atom is 0.169 e. The lowest BCUT2D eigenvalue weighted by Crippen LogP contribution is -2.41. The number of para-hydroxylation sites is 2. The van der Waals surface area contributed by atoms with Crippen LogP contribution >= 0.6 is 0 Å². The summed E-state index contributed by atoms with van der Waals surface area (Å²) in [6.45, 7) is 0. The molecule has 2 N–H and O–H groups in total. The van der Waals surface area contributed by atoms with Gasteiger partial charge in [0.1, 0.15) is 11.9 Å². The highest BCUT2D eigenvalue weighted by molar-refractivity contribution is 5.51. The van der Waals surface area contributed by atoms with Crippen molar-refractivity contribution in [2.24, 2.45) is 0 Å². The second-order valence-corrected chi connectivity index (χ2v) is 6.07. The average Bonchev–Trinajstić information content (AvgIpc) is 2.63. The Hall–Kier alpha value is -2.78. The van der Waals surface area contributed by atoms with Gasteiger partial charge in [-0.25, -0.2) is 0 Å². The van der Waals surface area contributed by atoms with Gasteiger partial charge >= 0.3 is 0 Å². The van der Waals surface area contributed by atoms with Gasteiger partial charge in [0.2, 0.25) is 0 Å². The molecule has 24 heavy (non-hydrogen) atoms. The predicted molar refractivity (Wildman–Crippen MR) is 94.8 cm³/mol. The van der Waals surface area contributed by atoms with E-state index in [2.05, 4.69) is 5.32 Å². The zero-order valence-corrected chi connectivity index (χ0v) is 13.2. The van der Waals surface area contributed by atoms with Crippen molar-refractivity contribution in [3.05, 3.63) is 96.1 Å². The minimum absolute atomic E-state index is 0.206. The van der Waals surface area contributed by atoms with Crippen molar-refractivity contribution in [1.29, 1.82) is 0 Å². The number of anilines is 1. The number of hydrogen-bond acceptors (Lipinski definition) is 3. The van der Waals surface area contributed by atoms with Crippen LogP contribution in [0.1, 0.15) is 23.7 Å². The van der Waals surface area contributed by atoms with E-state index in [9.17, 15) is 5.11 Å². The average molecular weight is 317 g/mol. The third-order valence-electron chi connectivity index (χ3n) is 4.38. The van der Waals surface area contributed by atoms with Crippen molar-refractivity contribution in [2.75, 3.05) is 5.32 Å². The fourth-order valence-electron chi connectivity index (χ4n) is 3.22. The van der Waals surface area contributed by atoms with Crippen LogP contribution in [0.2, 0.25) is 0 Å². The SMILES string of the molecule is OC1(Nc2ccccc2)CC(c2ccccc2)Oc2ccccc21. The van der Waals surface area contributed by atoms with E-state index in [4.69, 9.17) is 4.74 Å². The van der Waals surface area contributed by atoms with Gasteiger partial charge in [-0.1, -0.05) is 66.7 Å². The Morgan fingerprint density at radius 2 is 1.46 bits per heavy atom. The Morgan fingerprint density at radius 1 is 0.833 bits per heavy atom. The molecule has 120 valence electrons. The van der Waals surface area contributed by atoms with Gasteiger partial charge in [0.05, 0.1) is 0 Å². The summed E-state index contributed by atoms with van der Waals surface area (Å²) in [5.74, 6) is 0.712. The van der Waals surface area contributed by atoms with E-state index < -0.39 is 5.72 Å². The molecule has 0 bridgehead atoms. The number of rotatable bonds is 3. The van der Waals surface area contributed by atoms with Gasteiger partial charge in [0.15, 0.2) is 5.72 Å². The summed E-state index contributed by atoms with van der Waals surface area (Å²) in [6.07, 6.45) is 0.227. The highest BCUT2D eigenvalue weighted by atomic mass is 16.5. The molecule has 3 nitrogen and oxygen atoms in total. The smallest absolute Gasteiger partial charge is 0.169 e. The van der Waals surface area contributed by atoms with E-state index in [0.717, 1.165) is 16.8 Å². The van der Waals surface area contributed by atoms with Crippen LogP contribution in [-0.2, 0) is 5.72 Å². The lowest BCUT2D eigenvalue weighted by atomic mass is 9.89.